The third-order valence-corrected chi connectivity index (χ3v) is 3.34. The van der Waals surface area contributed by atoms with E-state index in [0.717, 1.165) is 0 Å². The number of nitrogens with zero attached hydrogens (tertiary/aromatic N) is 1. The normalized spacial score (nSPS) is 11.0. The first-order chi connectivity index (χ1) is 9.78. The largest absolute Gasteiger partial charge is 0.483 e. The van der Waals surface area contributed by atoms with Crippen LogP contribution in [0.15, 0.2) is 30.5 Å². The highest BCUT2D eigenvalue weighted by atomic mass is 35.5. The maximum Gasteiger partial charge on any atom is 0.422 e. The predicted molar refractivity (Wildman–Crippen MR) is 82.9 cm³/mol. The fourth-order valence-electron chi connectivity index (χ4n) is 1.65. The van der Waals surface area contributed by atoms with Crippen molar-refractivity contribution < 1.29 is 17.9 Å². The fourth-order valence-corrected chi connectivity index (χ4v) is 2.05. The van der Waals surface area contributed by atoms with E-state index in [9.17, 15) is 13.2 Å². The minimum atomic E-state index is -4.46. The number of aromatic nitrogens is 1. The molecule has 0 aliphatic rings. The van der Waals surface area contributed by atoms with Crippen LogP contribution in [-0.2, 0) is 0 Å². The Labute approximate surface area is 140 Å². The van der Waals surface area contributed by atoms with Crippen molar-refractivity contribution in [3.05, 3.63) is 40.5 Å². The Morgan fingerprint density at radius 2 is 1.86 bits per heavy atom. The summed E-state index contributed by atoms with van der Waals surface area (Å²) in [7, 11) is 0. The van der Waals surface area contributed by atoms with Crippen molar-refractivity contribution in [2.24, 2.45) is 0 Å². The standard InChI is InChI=1S/C13H9Cl2F3N2O.ClH/c14-9-3-1-2-7(12(9)15)8-5-20-11(19)4-10(8)21-6-13(16,17)18;/h1-5H,6H2,(H2,19,20);1H. The van der Waals surface area contributed by atoms with E-state index in [0.29, 0.717) is 5.56 Å². The molecule has 0 amide bonds. The number of benzene rings is 1. The average Bonchev–Trinajstić information content (AvgIpc) is 2.39. The summed E-state index contributed by atoms with van der Waals surface area (Å²) in [5.41, 5.74) is 6.17. The van der Waals surface area contributed by atoms with Gasteiger partial charge in [0.2, 0.25) is 0 Å². The predicted octanol–water partition coefficient (Wildman–Crippen LogP) is 5.00. The summed E-state index contributed by atoms with van der Waals surface area (Å²) in [6.45, 7) is -1.44. The molecule has 120 valence electrons. The van der Waals surface area contributed by atoms with E-state index < -0.39 is 12.8 Å². The van der Waals surface area contributed by atoms with E-state index in [-0.39, 0.29) is 39.6 Å². The minimum Gasteiger partial charge on any atom is -0.483 e. The van der Waals surface area contributed by atoms with Gasteiger partial charge in [0.1, 0.15) is 11.6 Å². The number of nitrogens with two attached hydrogens (primary N) is 1. The lowest BCUT2D eigenvalue weighted by molar-refractivity contribution is -0.153. The zero-order valence-electron chi connectivity index (χ0n) is 10.8. The van der Waals surface area contributed by atoms with Gasteiger partial charge < -0.3 is 10.5 Å². The highest BCUT2D eigenvalue weighted by Crippen LogP contribution is 2.38. The van der Waals surface area contributed by atoms with Gasteiger partial charge in [0.25, 0.3) is 0 Å². The molecule has 0 saturated heterocycles. The van der Waals surface area contributed by atoms with E-state index in [2.05, 4.69) is 4.98 Å². The van der Waals surface area contributed by atoms with Gasteiger partial charge in [-0.15, -0.1) is 12.4 Å². The SMILES string of the molecule is Cl.Nc1cc(OCC(F)(F)F)c(-c2cccc(Cl)c2Cl)cn1. The number of alkyl halides is 3. The van der Waals surface area contributed by atoms with Gasteiger partial charge >= 0.3 is 6.18 Å². The van der Waals surface area contributed by atoms with Crippen LogP contribution in [0.5, 0.6) is 5.75 Å². The zero-order valence-corrected chi connectivity index (χ0v) is 13.2. The molecular weight excluding hydrogens is 364 g/mol. The second-order valence-corrected chi connectivity index (χ2v) is 4.90. The monoisotopic (exact) mass is 372 g/mol. The Hall–Kier alpha value is -1.37. The number of hydrogen-bond donors (Lipinski definition) is 1. The molecule has 3 nitrogen and oxygen atoms in total. The van der Waals surface area contributed by atoms with Gasteiger partial charge in [-0.2, -0.15) is 13.2 Å². The Balaban J connectivity index is 0.00000242. The van der Waals surface area contributed by atoms with Crippen molar-refractivity contribution in [1.82, 2.24) is 4.98 Å². The fraction of sp³-hybridized carbons (Fsp3) is 0.154. The third-order valence-electron chi connectivity index (χ3n) is 2.52. The van der Waals surface area contributed by atoms with Crippen molar-refractivity contribution in [1.29, 1.82) is 0 Å². The van der Waals surface area contributed by atoms with Crippen LogP contribution < -0.4 is 10.5 Å². The van der Waals surface area contributed by atoms with Crippen LogP contribution in [0.1, 0.15) is 0 Å². The summed E-state index contributed by atoms with van der Waals surface area (Å²) in [6, 6.07) is 5.99. The molecule has 0 bridgehead atoms. The number of ether oxygens (including phenoxy) is 1. The van der Waals surface area contributed by atoms with Gasteiger partial charge in [-0.05, 0) is 6.07 Å². The highest BCUT2D eigenvalue weighted by Gasteiger charge is 2.29. The number of anilines is 1. The summed E-state index contributed by atoms with van der Waals surface area (Å²) in [5.74, 6) is -0.0296. The van der Waals surface area contributed by atoms with Crippen LogP contribution in [0.25, 0.3) is 11.1 Å². The van der Waals surface area contributed by atoms with E-state index in [1.165, 1.54) is 12.3 Å². The molecule has 0 unspecified atom stereocenters. The van der Waals surface area contributed by atoms with Crippen LogP contribution in [0, 0.1) is 0 Å². The summed E-state index contributed by atoms with van der Waals surface area (Å²) in [5, 5.41) is 0.468. The third kappa shape index (κ3) is 4.56. The number of nitrogen functional groups attached to an aromatic ring is 1. The van der Waals surface area contributed by atoms with E-state index >= 15 is 0 Å². The lowest BCUT2D eigenvalue weighted by atomic mass is 10.1. The molecule has 0 fully saturated rings. The lowest BCUT2D eigenvalue weighted by Gasteiger charge is -2.14. The second kappa shape index (κ2) is 7.26. The van der Waals surface area contributed by atoms with Gasteiger partial charge in [0.05, 0.1) is 10.0 Å². The van der Waals surface area contributed by atoms with Crippen molar-refractivity contribution in [2.75, 3.05) is 12.3 Å². The Bertz CT molecular complexity index is 665. The molecule has 1 heterocycles. The molecule has 9 heteroatoms. The molecule has 2 aromatic rings. The van der Waals surface area contributed by atoms with Gasteiger partial charge in [-0.3, -0.25) is 0 Å². The van der Waals surface area contributed by atoms with Crippen LogP contribution in [0.2, 0.25) is 10.0 Å². The molecule has 2 rings (SSSR count). The first-order valence-corrected chi connectivity index (χ1v) is 6.43. The first-order valence-electron chi connectivity index (χ1n) is 5.67. The summed E-state index contributed by atoms with van der Waals surface area (Å²) >= 11 is 12.0. The molecule has 0 saturated carbocycles. The molecule has 0 aliphatic heterocycles. The minimum absolute atomic E-state index is 0. The molecular formula is C13H10Cl3F3N2O. The molecule has 22 heavy (non-hydrogen) atoms. The number of rotatable bonds is 3. The molecule has 1 aromatic heterocycles. The van der Waals surface area contributed by atoms with Crippen molar-refractivity contribution in [3.8, 4) is 16.9 Å². The smallest absolute Gasteiger partial charge is 0.422 e. The quantitative estimate of drug-likeness (QED) is 0.823. The molecule has 2 N–H and O–H groups in total. The number of pyridine rings is 1. The van der Waals surface area contributed by atoms with Gasteiger partial charge in [-0.25, -0.2) is 4.98 Å². The first kappa shape index (κ1) is 18.7. The van der Waals surface area contributed by atoms with Gasteiger partial charge in [0.15, 0.2) is 6.61 Å². The Kier molecular flexibility index (Phi) is 6.17. The zero-order chi connectivity index (χ0) is 15.6. The van der Waals surface area contributed by atoms with Crippen molar-refractivity contribution in [2.45, 2.75) is 6.18 Å². The van der Waals surface area contributed by atoms with Crippen molar-refractivity contribution >= 4 is 41.4 Å². The summed E-state index contributed by atoms with van der Waals surface area (Å²) in [6.07, 6.45) is -3.17. The molecule has 0 aliphatic carbocycles. The van der Waals surface area contributed by atoms with E-state index in [4.69, 9.17) is 33.7 Å². The highest BCUT2D eigenvalue weighted by molar-refractivity contribution is 6.43. The number of hydrogen-bond acceptors (Lipinski definition) is 3. The van der Waals surface area contributed by atoms with E-state index in [1.807, 2.05) is 0 Å². The van der Waals surface area contributed by atoms with E-state index in [1.54, 1.807) is 18.2 Å². The maximum absolute atomic E-state index is 12.3. The van der Waals surface area contributed by atoms with Crippen LogP contribution in [-0.4, -0.2) is 17.8 Å². The second-order valence-electron chi connectivity index (χ2n) is 4.11. The molecule has 0 spiro atoms. The molecule has 0 atom stereocenters. The Morgan fingerprint density at radius 1 is 1.18 bits per heavy atom. The number of halogens is 6. The topological polar surface area (TPSA) is 48.1 Å². The van der Waals surface area contributed by atoms with Crippen LogP contribution >= 0.6 is 35.6 Å². The molecule has 0 radical (unpaired) electrons. The average molecular weight is 374 g/mol. The Morgan fingerprint density at radius 3 is 2.50 bits per heavy atom. The van der Waals surface area contributed by atoms with Gasteiger partial charge in [-0.1, -0.05) is 35.3 Å². The maximum atomic E-state index is 12.3. The summed E-state index contributed by atoms with van der Waals surface area (Å²) < 4.78 is 41.7. The van der Waals surface area contributed by atoms with Crippen molar-refractivity contribution in [3.63, 3.8) is 0 Å². The lowest BCUT2D eigenvalue weighted by Crippen LogP contribution is -2.19. The van der Waals surface area contributed by atoms with Crippen LogP contribution in [0.3, 0.4) is 0 Å². The summed E-state index contributed by atoms with van der Waals surface area (Å²) in [4.78, 5) is 3.85. The molecule has 1 aromatic carbocycles. The van der Waals surface area contributed by atoms with Gasteiger partial charge in [0, 0.05) is 23.4 Å². The van der Waals surface area contributed by atoms with Crippen LogP contribution in [0.4, 0.5) is 19.0 Å².